The van der Waals surface area contributed by atoms with Gasteiger partial charge in [0.1, 0.15) is 0 Å². The highest BCUT2D eigenvalue weighted by molar-refractivity contribution is 5.53. The Labute approximate surface area is 102 Å². The topological polar surface area (TPSA) is 56.5 Å². The van der Waals surface area contributed by atoms with Gasteiger partial charge in [0.25, 0.3) is 0 Å². The molecule has 0 fully saturated rings. The largest absolute Gasteiger partial charge is 0.389 e. The number of aryl methyl sites for hydroxylation is 1. The van der Waals surface area contributed by atoms with Crippen molar-refractivity contribution in [3.8, 4) is 6.07 Å². The first-order valence-corrected chi connectivity index (χ1v) is 5.47. The van der Waals surface area contributed by atoms with Gasteiger partial charge in [0.2, 0.25) is 0 Å². The van der Waals surface area contributed by atoms with Gasteiger partial charge < -0.3 is 14.7 Å². The van der Waals surface area contributed by atoms with Gasteiger partial charge >= 0.3 is 0 Å². The lowest BCUT2D eigenvalue weighted by atomic mass is 10.1. The molecule has 0 radical (unpaired) electrons. The Kier molecular flexibility index (Phi) is 4.95. The number of hydrogen-bond donors (Lipinski definition) is 1. The van der Waals surface area contributed by atoms with Gasteiger partial charge in [-0.25, -0.2) is 0 Å². The van der Waals surface area contributed by atoms with E-state index in [4.69, 9.17) is 10.00 Å². The summed E-state index contributed by atoms with van der Waals surface area (Å²) in [5.41, 5.74) is 2.61. The molecule has 0 aliphatic rings. The minimum absolute atomic E-state index is 0.319. The maximum absolute atomic E-state index is 9.63. The molecule has 0 aliphatic heterocycles. The van der Waals surface area contributed by atoms with Gasteiger partial charge in [0, 0.05) is 26.4 Å². The lowest BCUT2D eigenvalue weighted by Gasteiger charge is -2.22. The molecule has 0 bridgehead atoms. The van der Waals surface area contributed by atoms with Crippen molar-refractivity contribution in [2.45, 2.75) is 13.0 Å². The van der Waals surface area contributed by atoms with Crippen LogP contribution in [0.5, 0.6) is 0 Å². The molecule has 4 heteroatoms. The summed E-state index contributed by atoms with van der Waals surface area (Å²) in [6.45, 7) is 2.72. The predicted molar refractivity (Wildman–Crippen MR) is 67.0 cm³/mol. The summed E-state index contributed by atoms with van der Waals surface area (Å²) >= 11 is 0. The minimum atomic E-state index is -0.513. The average Bonchev–Trinajstić information content (AvgIpc) is 2.29. The highest BCUT2D eigenvalue weighted by atomic mass is 16.5. The Morgan fingerprint density at radius 3 is 2.76 bits per heavy atom. The second-order valence-corrected chi connectivity index (χ2v) is 4.10. The number of rotatable bonds is 5. The van der Waals surface area contributed by atoms with E-state index in [1.807, 2.05) is 31.0 Å². The molecule has 0 aliphatic carbocycles. The van der Waals surface area contributed by atoms with Crippen LogP contribution in [-0.2, 0) is 4.74 Å². The van der Waals surface area contributed by atoms with E-state index in [2.05, 4.69) is 6.07 Å². The number of nitrogens with zero attached hydrogens (tertiary/aromatic N) is 2. The van der Waals surface area contributed by atoms with Gasteiger partial charge in [0.05, 0.1) is 24.3 Å². The monoisotopic (exact) mass is 234 g/mol. The normalized spacial score (nSPS) is 11.9. The van der Waals surface area contributed by atoms with E-state index < -0.39 is 6.10 Å². The fraction of sp³-hybridized carbons (Fsp3) is 0.462. The molecule has 0 heterocycles. The third-order valence-electron chi connectivity index (χ3n) is 2.61. The molecule has 1 N–H and O–H groups in total. The third kappa shape index (κ3) is 3.74. The maximum atomic E-state index is 9.63. The summed E-state index contributed by atoms with van der Waals surface area (Å²) in [6, 6.07) is 7.75. The highest BCUT2D eigenvalue weighted by Crippen LogP contribution is 2.17. The van der Waals surface area contributed by atoms with Crippen molar-refractivity contribution in [3.63, 3.8) is 0 Å². The standard InChI is InChI=1S/C13H18N2O2/c1-10-6-12(5-4-11(10)7-14)15(2)8-13(16)9-17-3/h4-6,13,16H,8-9H2,1-3H3. The van der Waals surface area contributed by atoms with Crippen molar-refractivity contribution in [1.29, 1.82) is 5.26 Å². The quantitative estimate of drug-likeness (QED) is 0.834. The molecule has 17 heavy (non-hydrogen) atoms. The van der Waals surface area contributed by atoms with Crippen LogP contribution in [0.2, 0.25) is 0 Å². The first kappa shape index (κ1) is 13.5. The van der Waals surface area contributed by atoms with Crippen molar-refractivity contribution < 1.29 is 9.84 Å². The molecule has 92 valence electrons. The van der Waals surface area contributed by atoms with Crippen LogP contribution in [0.25, 0.3) is 0 Å². The molecule has 0 amide bonds. The summed E-state index contributed by atoms with van der Waals surface area (Å²) in [5, 5.41) is 18.5. The van der Waals surface area contributed by atoms with Gasteiger partial charge in [-0.05, 0) is 30.7 Å². The van der Waals surface area contributed by atoms with Crippen LogP contribution in [0, 0.1) is 18.3 Å². The van der Waals surface area contributed by atoms with Gasteiger partial charge in [0.15, 0.2) is 0 Å². The number of likely N-dealkylation sites (N-methyl/N-ethyl adjacent to an activating group) is 1. The Bertz CT molecular complexity index is 412. The molecular weight excluding hydrogens is 216 g/mol. The van der Waals surface area contributed by atoms with Crippen molar-refractivity contribution in [3.05, 3.63) is 29.3 Å². The Morgan fingerprint density at radius 2 is 2.24 bits per heavy atom. The van der Waals surface area contributed by atoms with Crippen LogP contribution >= 0.6 is 0 Å². The molecule has 1 aromatic carbocycles. The summed E-state index contributed by atoms with van der Waals surface area (Å²) < 4.78 is 4.88. The van der Waals surface area contributed by atoms with Gasteiger partial charge in [-0.1, -0.05) is 0 Å². The van der Waals surface area contributed by atoms with E-state index in [-0.39, 0.29) is 0 Å². The van der Waals surface area contributed by atoms with Gasteiger partial charge in [-0.15, -0.1) is 0 Å². The maximum Gasteiger partial charge on any atom is 0.0994 e. The SMILES string of the molecule is COCC(O)CN(C)c1ccc(C#N)c(C)c1. The average molecular weight is 234 g/mol. The Hall–Kier alpha value is -1.57. The zero-order valence-electron chi connectivity index (χ0n) is 10.5. The van der Waals surface area contributed by atoms with E-state index >= 15 is 0 Å². The molecule has 0 spiro atoms. The van der Waals surface area contributed by atoms with Crippen molar-refractivity contribution in [1.82, 2.24) is 0 Å². The smallest absolute Gasteiger partial charge is 0.0994 e. The zero-order chi connectivity index (χ0) is 12.8. The number of anilines is 1. The van der Waals surface area contributed by atoms with Crippen molar-refractivity contribution >= 4 is 5.69 Å². The molecule has 4 nitrogen and oxygen atoms in total. The van der Waals surface area contributed by atoms with E-state index in [0.29, 0.717) is 18.7 Å². The predicted octanol–water partition coefficient (Wildman–Crippen LogP) is 1.31. The van der Waals surface area contributed by atoms with E-state index in [9.17, 15) is 5.11 Å². The summed E-state index contributed by atoms with van der Waals surface area (Å²) in [6.07, 6.45) is -0.513. The summed E-state index contributed by atoms with van der Waals surface area (Å²) in [5.74, 6) is 0. The van der Waals surface area contributed by atoms with Gasteiger partial charge in [-0.2, -0.15) is 5.26 Å². The first-order chi connectivity index (χ1) is 8.08. The molecule has 0 aromatic heterocycles. The van der Waals surface area contributed by atoms with Crippen LogP contribution < -0.4 is 4.90 Å². The van der Waals surface area contributed by atoms with E-state index in [0.717, 1.165) is 11.3 Å². The highest BCUT2D eigenvalue weighted by Gasteiger charge is 2.09. The first-order valence-electron chi connectivity index (χ1n) is 5.47. The number of aliphatic hydroxyl groups is 1. The lowest BCUT2D eigenvalue weighted by Crippen LogP contribution is -2.31. The number of aliphatic hydroxyl groups excluding tert-OH is 1. The molecule has 0 saturated carbocycles. The number of hydrogen-bond acceptors (Lipinski definition) is 4. The van der Waals surface area contributed by atoms with E-state index in [1.54, 1.807) is 13.2 Å². The minimum Gasteiger partial charge on any atom is -0.389 e. The Morgan fingerprint density at radius 1 is 1.53 bits per heavy atom. The molecule has 1 rings (SSSR count). The van der Waals surface area contributed by atoms with E-state index in [1.165, 1.54) is 0 Å². The molecule has 1 aromatic rings. The van der Waals surface area contributed by atoms with Crippen molar-refractivity contribution in [2.24, 2.45) is 0 Å². The van der Waals surface area contributed by atoms with Crippen LogP contribution in [-0.4, -0.2) is 38.5 Å². The molecule has 0 saturated heterocycles. The third-order valence-corrected chi connectivity index (χ3v) is 2.61. The number of benzene rings is 1. The van der Waals surface area contributed by atoms with Crippen molar-refractivity contribution in [2.75, 3.05) is 32.2 Å². The molecule has 1 atom stereocenters. The number of ether oxygens (including phenoxy) is 1. The van der Waals surface area contributed by atoms with Gasteiger partial charge in [-0.3, -0.25) is 0 Å². The van der Waals surface area contributed by atoms with Crippen LogP contribution in [0.4, 0.5) is 5.69 Å². The zero-order valence-corrected chi connectivity index (χ0v) is 10.5. The number of nitriles is 1. The lowest BCUT2D eigenvalue weighted by molar-refractivity contribution is 0.0695. The fourth-order valence-corrected chi connectivity index (χ4v) is 1.68. The summed E-state index contributed by atoms with van der Waals surface area (Å²) in [7, 11) is 3.47. The molecule has 1 unspecified atom stereocenters. The fourth-order valence-electron chi connectivity index (χ4n) is 1.68. The summed E-state index contributed by atoms with van der Waals surface area (Å²) in [4.78, 5) is 1.94. The molecular formula is C13H18N2O2. The van der Waals surface area contributed by atoms with Crippen LogP contribution in [0.15, 0.2) is 18.2 Å². The number of methoxy groups -OCH3 is 1. The second kappa shape index (κ2) is 6.24. The second-order valence-electron chi connectivity index (χ2n) is 4.10. The van der Waals surface area contributed by atoms with Crippen LogP contribution in [0.3, 0.4) is 0 Å². The van der Waals surface area contributed by atoms with Crippen LogP contribution in [0.1, 0.15) is 11.1 Å². The Balaban J connectivity index is 2.73.